The summed E-state index contributed by atoms with van der Waals surface area (Å²) >= 11 is 0. The first kappa shape index (κ1) is 0. The second-order valence-corrected chi connectivity index (χ2v) is 0. The van der Waals surface area contributed by atoms with E-state index in [1.807, 2.05) is 0 Å². The fraction of sp³-hybridized carbons (Fsp3) is 1.00. The summed E-state index contributed by atoms with van der Waals surface area (Å²) in [6.45, 7) is 0. The Kier molecular flexibility index (Phi) is 0. The molecular weight excluding hydrogens is 480 g/mol. The maximum atomic E-state index is 0. The minimum Gasteiger partial charge on any atom is -0.0776 e. The van der Waals surface area contributed by atoms with Gasteiger partial charge in [0.25, 0.3) is 0 Å². The SMILES string of the molecule is C.C.C.C.C.C.C.C.C.C.C.C.C.C.C.C.C.C.C.C.C.C.C.C.C.C.C.C.C.C.C.C.C.C.C.C.C.C.C.C.[3HH].[3HH].[3HH].[3HH].[3HH].[3HH].[3HH].[3HH].[3HH].[3HH].[3HH].[3HH].[3HH].[3HH].[3HH].[3HH].[3HH].[3HH].[3HH].[3HH].[3HH].[3HH].[3HH].[3HH].[3HH].[3HH].[3HH].[3HH].[3HH].[3HH].[3HH].[3HH].[3HH].[3HH].[3HH].[3HH].[3HH].[3HH].[3HH].[3HH]. The summed E-state index contributed by atoms with van der Waals surface area (Å²) < 4.78 is 0. The maximum Gasteiger partial charge on any atom is 0 e. The van der Waals surface area contributed by atoms with Crippen LogP contribution in [0.4, 0.5) is 0 Å². The van der Waals surface area contributed by atoms with Gasteiger partial charge in [0.1, 0.15) is 0 Å². The molecule has 0 aliphatic heterocycles. The van der Waals surface area contributed by atoms with Crippen LogP contribution in [0.2, 0.25) is 0 Å². The van der Waals surface area contributed by atoms with Crippen molar-refractivity contribution in [3.8, 4) is 0 Å². The Labute approximate surface area is 356 Å². The van der Waals surface area contributed by atoms with E-state index in [1.54, 1.807) is 0 Å². The summed E-state index contributed by atoms with van der Waals surface area (Å²) in [6.07, 6.45) is 0. The van der Waals surface area contributed by atoms with Crippen LogP contribution in [0, 0.1) is 0 Å². The van der Waals surface area contributed by atoms with Crippen LogP contribution in [0.25, 0.3) is 0 Å². The van der Waals surface area contributed by atoms with Crippen molar-refractivity contribution in [3.05, 3.63) is 0 Å². The molecule has 40 heavy (non-hydrogen) atoms. The molecule has 0 bridgehead atoms. The molecule has 0 aromatic rings. The normalized spacial score (nSPS) is 0. The molecule has 0 unspecified atom stereocenters. The van der Waals surface area contributed by atoms with Gasteiger partial charge < -0.3 is 0 Å². The Morgan fingerprint density at radius 3 is 0.0500 bits per heavy atom. The molecule has 0 aromatic carbocycles. The van der Waals surface area contributed by atoms with Crippen LogP contribution in [-0.2, 0) is 0 Å². The van der Waals surface area contributed by atoms with Crippen LogP contribution in [0.15, 0.2) is 0 Å². The molecular formula is C40H240. The van der Waals surface area contributed by atoms with E-state index in [1.165, 1.54) is 0 Å². The highest BCUT2D eigenvalue weighted by Crippen LogP contribution is 0.183. The van der Waals surface area contributed by atoms with Crippen LogP contribution in [-0.4, -0.2) is 0 Å². The second-order valence-electron chi connectivity index (χ2n) is 0. The van der Waals surface area contributed by atoms with Crippen LogP contribution in [0.3, 0.4) is 0 Å². The molecule has 0 fully saturated rings. The third-order valence-electron chi connectivity index (χ3n) is 0. The molecule has 0 heteroatoms. The third-order valence-corrected chi connectivity index (χ3v) is 0. The summed E-state index contributed by atoms with van der Waals surface area (Å²) in [5, 5.41) is 0. The highest BCUT2D eigenvalue weighted by molar-refractivity contribution is 2.54. The Morgan fingerprint density at radius 2 is 0.0500 bits per heavy atom. The monoisotopic (exact) mass is 802 g/mol. The quantitative estimate of drug-likeness (QED) is 0.229. The lowest BCUT2D eigenvalue weighted by molar-refractivity contribution is 2.50. The summed E-state index contributed by atoms with van der Waals surface area (Å²) in [4.78, 5) is 0. The molecule has 0 radical (unpaired) electrons. The first-order chi connectivity index (χ1) is 0. The molecule has 0 N–H and O–H groups in total. The molecule has 0 rings (SSSR count). The fourth-order valence-corrected chi connectivity index (χ4v) is 0. The molecule has 0 heterocycles. The average molecular weight is 803 g/mol. The molecule has 400 valence electrons. The average Bonchev–Trinajstić information content (AvgIpc) is 0. The summed E-state index contributed by atoms with van der Waals surface area (Å²) in [5.74, 6) is 0. The van der Waals surface area contributed by atoms with Gasteiger partial charge in [0, 0.05) is 57.1 Å². The molecule has 0 spiro atoms. The lowest BCUT2D eigenvalue weighted by Crippen LogP contribution is 0.143. The number of hydrogen-bond donors (Lipinski definition) is 0. The van der Waals surface area contributed by atoms with Crippen molar-refractivity contribution in [2.45, 2.75) is 297 Å². The van der Waals surface area contributed by atoms with Gasteiger partial charge in [-0.2, -0.15) is 0 Å². The first-order valence-electron chi connectivity index (χ1n) is 0. The molecule has 0 aromatic heterocycles. The van der Waals surface area contributed by atoms with Crippen LogP contribution >= 0.6 is 0 Å². The smallest absolute Gasteiger partial charge is 0 e. The first-order valence-corrected chi connectivity index (χ1v) is 0. The number of rotatable bonds is 0. The molecule has 0 amide bonds. The lowest BCUT2D eigenvalue weighted by atomic mass is 12.0. The second kappa shape index (κ2) is 0. The Hall–Kier alpha value is 0. The van der Waals surface area contributed by atoms with Crippen LogP contribution < -0.4 is 0 Å². The van der Waals surface area contributed by atoms with Crippen molar-refractivity contribution in [1.29, 1.82) is 0 Å². The van der Waals surface area contributed by atoms with Gasteiger partial charge in [0.15, 0.2) is 0 Å². The largest absolute Gasteiger partial charge is 0.0776 e. The van der Waals surface area contributed by atoms with E-state index in [-0.39, 0.29) is 354 Å². The van der Waals surface area contributed by atoms with E-state index in [4.69, 9.17) is 0 Å². The van der Waals surface area contributed by atoms with Crippen molar-refractivity contribution in [3.63, 3.8) is 0 Å². The maximum absolute atomic E-state index is 0. The van der Waals surface area contributed by atoms with Gasteiger partial charge in [-0.05, 0) is 0 Å². The minimum absolute atomic E-state index is 0. The van der Waals surface area contributed by atoms with Crippen LogP contribution in [0.1, 0.15) is 354 Å². The zero-order chi connectivity index (χ0) is 0. The van der Waals surface area contributed by atoms with Gasteiger partial charge in [-0.15, -0.1) is 0 Å². The van der Waals surface area contributed by atoms with E-state index in [9.17, 15) is 0 Å². The summed E-state index contributed by atoms with van der Waals surface area (Å²) in [6, 6.07) is 0. The van der Waals surface area contributed by atoms with Crippen molar-refractivity contribution in [2.24, 2.45) is 0 Å². The summed E-state index contributed by atoms with van der Waals surface area (Å²) in [5.41, 5.74) is 0. The third kappa shape index (κ3) is 0. The number of hydrogen-bond acceptors (Lipinski definition) is 0. The molecule has 0 saturated heterocycles. The lowest BCUT2D eigenvalue weighted by Gasteiger charge is -0.0786. The zero-order valence-corrected chi connectivity index (χ0v) is 0. The van der Waals surface area contributed by atoms with Gasteiger partial charge in [-0.1, -0.05) is 297 Å². The predicted octanol–water partition coefficient (Wildman–Crippen LogP) is 35.3. The standard InChI is InChI=1S/40CH4.40H2/h40*1H4;40*1H/i;;;;;;;;;;;;;;;;;;;;;;;;;;;;;;;;;;;;;;;;40*1+2. The van der Waals surface area contributed by atoms with Gasteiger partial charge in [-0.25, -0.2) is 0 Å². The van der Waals surface area contributed by atoms with Gasteiger partial charge in [0.05, 0.1) is 0 Å². The van der Waals surface area contributed by atoms with Gasteiger partial charge >= 0.3 is 0 Å². The van der Waals surface area contributed by atoms with Crippen molar-refractivity contribution in [2.75, 3.05) is 0 Å². The topological polar surface area (TPSA) is 0 Å². The molecule has 0 saturated carbocycles. The van der Waals surface area contributed by atoms with E-state index < -0.39 is 0 Å². The van der Waals surface area contributed by atoms with Gasteiger partial charge in [-0.3, -0.25) is 0 Å². The van der Waals surface area contributed by atoms with E-state index >= 15 is 0 Å². The van der Waals surface area contributed by atoms with E-state index in [2.05, 4.69) is 0 Å². The minimum atomic E-state index is 0. The van der Waals surface area contributed by atoms with E-state index in [0.717, 1.165) is 0 Å². The van der Waals surface area contributed by atoms with Crippen molar-refractivity contribution >= 4 is 0 Å². The molecule has 0 atom stereocenters. The van der Waals surface area contributed by atoms with Gasteiger partial charge in [0.2, 0.25) is 0 Å². The predicted molar refractivity (Wildman–Crippen MR) is 354 cm³/mol. The molecule has 0 aliphatic carbocycles. The summed E-state index contributed by atoms with van der Waals surface area (Å²) in [7, 11) is 0. The highest BCUT2D eigenvalue weighted by atomic mass is 12.1. The Morgan fingerprint density at radius 1 is 0.0500 bits per heavy atom. The zero-order valence-electron chi connectivity index (χ0n) is 0. The van der Waals surface area contributed by atoms with Crippen molar-refractivity contribution < 1.29 is 57.1 Å². The Balaban J connectivity index is 0. The fourth-order valence-electron chi connectivity index (χ4n) is 0. The molecule has 0 aliphatic rings. The van der Waals surface area contributed by atoms with Crippen molar-refractivity contribution in [1.82, 2.24) is 0 Å². The highest BCUT2D eigenvalue weighted by Gasteiger charge is -0.0386. The molecule has 0 nitrogen and oxygen atoms in total. The Bertz CT molecular complexity index is 80.0. The van der Waals surface area contributed by atoms with Crippen LogP contribution in [0.5, 0.6) is 0 Å². The van der Waals surface area contributed by atoms with E-state index in [0.29, 0.717) is 0 Å².